The molecule has 0 amide bonds. The Labute approximate surface area is 151 Å². The Morgan fingerprint density at radius 1 is 1.32 bits per heavy atom. The third kappa shape index (κ3) is 4.25. The molecular weight excluding hydrogens is 314 g/mol. The molecule has 0 N–H and O–H groups in total. The van der Waals surface area contributed by atoms with Crippen LogP contribution in [0.15, 0.2) is 12.3 Å². The van der Waals surface area contributed by atoms with Crippen molar-refractivity contribution in [3.63, 3.8) is 0 Å². The standard InChI is InChI=1S/C20H33N3O2/c1-14(2)23-11-10-16(21-23)13-22-17-9-7-6-8-15(17)12-18(22)19(24)25-20(3,4)5/h10-11,14-15,17-18H,6-9,12-13H2,1-5H3/t15-,17+,18-/m0/s1. The maximum absolute atomic E-state index is 12.8. The molecule has 0 spiro atoms. The van der Waals surface area contributed by atoms with Crippen LogP contribution in [0.3, 0.4) is 0 Å². The Kier molecular flexibility index (Phi) is 5.24. The van der Waals surface area contributed by atoms with Crippen molar-refractivity contribution >= 4 is 5.97 Å². The van der Waals surface area contributed by atoms with Crippen LogP contribution < -0.4 is 0 Å². The normalized spacial score (nSPS) is 27.5. The van der Waals surface area contributed by atoms with Crippen LogP contribution in [0, 0.1) is 5.92 Å². The summed E-state index contributed by atoms with van der Waals surface area (Å²) in [5.74, 6) is 0.559. The van der Waals surface area contributed by atoms with Gasteiger partial charge >= 0.3 is 5.97 Å². The van der Waals surface area contributed by atoms with Gasteiger partial charge in [-0.25, -0.2) is 0 Å². The molecule has 1 aliphatic heterocycles. The molecule has 0 radical (unpaired) electrons. The number of likely N-dealkylation sites (tertiary alicyclic amines) is 1. The molecule has 3 atom stereocenters. The van der Waals surface area contributed by atoms with Gasteiger partial charge in [0.05, 0.1) is 5.69 Å². The topological polar surface area (TPSA) is 47.4 Å². The molecule has 0 aromatic carbocycles. The fourth-order valence-electron chi connectivity index (χ4n) is 4.32. The molecule has 140 valence electrons. The zero-order valence-electron chi connectivity index (χ0n) is 16.4. The van der Waals surface area contributed by atoms with Crippen LogP contribution in [-0.4, -0.2) is 38.3 Å². The summed E-state index contributed by atoms with van der Waals surface area (Å²) in [7, 11) is 0. The number of carbonyl (C=O) groups is 1. The van der Waals surface area contributed by atoms with Crippen LogP contribution in [0.25, 0.3) is 0 Å². The number of esters is 1. The third-order valence-electron chi connectivity index (χ3n) is 5.44. The van der Waals surface area contributed by atoms with Gasteiger partial charge in [-0.05, 0) is 65.9 Å². The van der Waals surface area contributed by atoms with Crippen molar-refractivity contribution < 1.29 is 9.53 Å². The first-order valence-corrected chi connectivity index (χ1v) is 9.77. The van der Waals surface area contributed by atoms with E-state index in [1.807, 2.05) is 31.6 Å². The van der Waals surface area contributed by atoms with Crippen LogP contribution in [0.1, 0.15) is 78.5 Å². The fraction of sp³-hybridized carbons (Fsp3) is 0.800. The summed E-state index contributed by atoms with van der Waals surface area (Å²) in [5, 5.41) is 4.70. The second-order valence-corrected chi connectivity index (χ2v) is 8.95. The van der Waals surface area contributed by atoms with Gasteiger partial charge in [-0.2, -0.15) is 5.10 Å². The number of hydrogen-bond acceptors (Lipinski definition) is 4. The predicted molar refractivity (Wildman–Crippen MR) is 98.2 cm³/mol. The van der Waals surface area contributed by atoms with Gasteiger partial charge in [0.25, 0.3) is 0 Å². The molecule has 1 aromatic rings. The third-order valence-corrected chi connectivity index (χ3v) is 5.44. The Balaban J connectivity index is 1.78. The molecule has 1 aromatic heterocycles. The molecule has 3 rings (SSSR count). The van der Waals surface area contributed by atoms with Crippen LogP contribution in [0.2, 0.25) is 0 Å². The van der Waals surface area contributed by atoms with E-state index in [1.165, 1.54) is 25.7 Å². The molecule has 5 nitrogen and oxygen atoms in total. The van der Waals surface area contributed by atoms with E-state index in [0.717, 1.165) is 18.7 Å². The minimum absolute atomic E-state index is 0.0646. The number of carbonyl (C=O) groups excluding carboxylic acids is 1. The highest BCUT2D eigenvalue weighted by molar-refractivity contribution is 5.76. The minimum atomic E-state index is -0.435. The van der Waals surface area contributed by atoms with E-state index >= 15 is 0 Å². The van der Waals surface area contributed by atoms with Crippen LogP contribution in [0.5, 0.6) is 0 Å². The maximum atomic E-state index is 12.8. The Hall–Kier alpha value is -1.36. The summed E-state index contributed by atoms with van der Waals surface area (Å²) in [5.41, 5.74) is 0.615. The lowest BCUT2D eigenvalue weighted by Gasteiger charge is -2.33. The molecule has 1 saturated heterocycles. The summed E-state index contributed by atoms with van der Waals surface area (Å²) in [4.78, 5) is 15.2. The van der Waals surface area contributed by atoms with Crippen molar-refractivity contribution in [2.75, 3.05) is 0 Å². The fourth-order valence-corrected chi connectivity index (χ4v) is 4.32. The zero-order chi connectivity index (χ0) is 18.2. The van der Waals surface area contributed by atoms with Gasteiger partial charge in [0.1, 0.15) is 11.6 Å². The van der Waals surface area contributed by atoms with E-state index in [0.29, 0.717) is 18.0 Å². The van der Waals surface area contributed by atoms with Crippen molar-refractivity contribution in [3.05, 3.63) is 18.0 Å². The van der Waals surface area contributed by atoms with Gasteiger partial charge in [0, 0.05) is 24.8 Å². The molecular formula is C20H33N3O2. The largest absolute Gasteiger partial charge is 0.459 e. The number of aromatic nitrogens is 2. The number of nitrogens with zero attached hydrogens (tertiary/aromatic N) is 3. The lowest BCUT2D eigenvalue weighted by molar-refractivity contribution is -0.161. The lowest BCUT2D eigenvalue weighted by atomic mass is 9.85. The highest BCUT2D eigenvalue weighted by Crippen LogP contribution is 2.41. The van der Waals surface area contributed by atoms with Crippen molar-refractivity contribution in [1.82, 2.24) is 14.7 Å². The second-order valence-electron chi connectivity index (χ2n) is 8.95. The van der Waals surface area contributed by atoms with Gasteiger partial charge in [-0.3, -0.25) is 14.4 Å². The molecule has 1 saturated carbocycles. The monoisotopic (exact) mass is 347 g/mol. The van der Waals surface area contributed by atoms with Crippen LogP contribution in [-0.2, 0) is 16.1 Å². The number of rotatable bonds is 4. The van der Waals surface area contributed by atoms with Crippen molar-refractivity contribution in [2.45, 2.75) is 97.0 Å². The first kappa shape index (κ1) is 18.4. The van der Waals surface area contributed by atoms with E-state index < -0.39 is 5.60 Å². The predicted octanol–water partition coefficient (Wildman–Crippen LogP) is 3.94. The van der Waals surface area contributed by atoms with Gasteiger partial charge in [0.2, 0.25) is 0 Å². The smallest absolute Gasteiger partial charge is 0.323 e. The van der Waals surface area contributed by atoms with Crippen molar-refractivity contribution in [2.24, 2.45) is 5.92 Å². The number of fused-ring (bicyclic) bond motifs is 1. The molecule has 0 unspecified atom stereocenters. The van der Waals surface area contributed by atoms with E-state index in [9.17, 15) is 4.79 Å². The highest BCUT2D eigenvalue weighted by atomic mass is 16.6. The Morgan fingerprint density at radius 3 is 2.68 bits per heavy atom. The summed E-state index contributed by atoms with van der Waals surface area (Å²) in [6, 6.07) is 2.81. The maximum Gasteiger partial charge on any atom is 0.323 e. The van der Waals surface area contributed by atoms with Gasteiger partial charge in [-0.1, -0.05) is 12.8 Å². The average Bonchev–Trinajstić information content (AvgIpc) is 3.11. The van der Waals surface area contributed by atoms with Gasteiger partial charge in [0.15, 0.2) is 0 Å². The molecule has 2 aliphatic rings. The van der Waals surface area contributed by atoms with Crippen molar-refractivity contribution in [1.29, 1.82) is 0 Å². The molecule has 25 heavy (non-hydrogen) atoms. The Morgan fingerprint density at radius 2 is 2.04 bits per heavy atom. The van der Waals surface area contributed by atoms with Gasteiger partial charge in [-0.15, -0.1) is 0 Å². The highest BCUT2D eigenvalue weighted by Gasteiger charge is 2.46. The quantitative estimate of drug-likeness (QED) is 0.774. The van der Waals surface area contributed by atoms with Gasteiger partial charge < -0.3 is 4.74 Å². The van der Waals surface area contributed by atoms with E-state index in [1.54, 1.807) is 0 Å². The first-order chi connectivity index (χ1) is 11.7. The molecule has 0 bridgehead atoms. The summed E-state index contributed by atoms with van der Waals surface area (Å²) in [6.45, 7) is 10.8. The Bertz CT molecular complexity index is 602. The average molecular weight is 348 g/mol. The van der Waals surface area contributed by atoms with Crippen LogP contribution >= 0.6 is 0 Å². The zero-order valence-corrected chi connectivity index (χ0v) is 16.4. The first-order valence-electron chi connectivity index (χ1n) is 9.77. The number of hydrogen-bond donors (Lipinski definition) is 0. The number of ether oxygens (including phenoxy) is 1. The molecule has 2 heterocycles. The van der Waals surface area contributed by atoms with Crippen LogP contribution in [0.4, 0.5) is 0 Å². The minimum Gasteiger partial charge on any atom is -0.459 e. The lowest BCUT2D eigenvalue weighted by Crippen LogP contribution is -2.44. The molecule has 2 fully saturated rings. The van der Waals surface area contributed by atoms with Crippen molar-refractivity contribution in [3.8, 4) is 0 Å². The van der Waals surface area contributed by atoms with E-state index in [-0.39, 0.29) is 12.0 Å². The second kappa shape index (κ2) is 7.10. The summed E-state index contributed by atoms with van der Waals surface area (Å²) in [6.07, 6.45) is 7.95. The van der Waals surface area contributed by atoms with E-state index in [2.05, 4.69) is 24.8 Å². The molecule has 5 heteroatoms. The van der Waals surface area contributed by atoms with E-state index in [4.69, 9.17) is 9.84 Å². The SMILES string of the molecule is CC(C)n1ccc(CN2[C@@H]3CCCC[C@H]3C[C@H]2C(=O)OC(C)(C)C)n1. The summed E-state index contributed by atoms with van der Waals surface area (Å²) >= 11 is 0. The summed E-state index contributed by atoms with van der Waals surface area (Å²) < 4.78 is 7.73. The molecule has 1 aliphatic carbocycles.